The lowest BCUT2D eigenvalue weighted by molar-refractivity contribution is -0.137. The Morgan fingerprint density at radius 2 is 1.49 bits per heavy atom. The van der Waals surface area contributed by atoms with Crippen molar-refractivity contribution in [2.24, 2.45) is 0 Å². The molecule has 0 aliphatic rings. The van der Waals surface area contributed by atoms with Gasteiger partial charge < -0.3 is 20.1 Å². The van der Waals surface area contributed by atoms with Crippen molar-refractivity contribution in [2.45, 2.75) is 11.1 Å². The van der Waals surface area contributed by atoms with Gasteiger partial charge in [-0.15, -0.1) is 0 Å². The monoisotopic (exact) mass is 548 g/mol. The summed E-state index contributed by atoms with van der Waals surface area (Å²) in [6.45, 7) is 0. The van der Waals surface area contributed by atoms with E-state index in [9.17, 15) is 26.4 Å². The number of methoxy groups -OCH3 is 1. The molecule has 3 aromatic carbocycles. The number of hydrogen-bond acceptors (Lipinski definition) is 5. The summed E-state index contributed by atoms with van der Waals surface area (Å²) in [6, 6.07) is 10.7. The van der Waals surface area contributed by atoms with Crippen molar-refractivity contribution < 1.29 is 35.9 Å². The summed E-state index contributed by atoms with van der Waals surface area (Å²) in [5.74, 6) is 0.569. The highest BCUT2D eigenvalue weighted by atomic mass is 35.5. The van der Waals surface area contributed by atoms with Gasteiger partial charge in [-0.1, -0.05) is 23.2 Å². The standard InChI is InChI=1S/C22H17Cl2F3N2O5S/c1-33-20-11-16(23)15(22(25,26)27)10-19(20)29-21(30)28-18-8-5-13(9-17(18)24)34-12-3-6-14(7-4-12)35(2,31)32/h3-11H,1-2H3,(H2,28,29,30). The minimum Gasteiger partial charge on any atom is -0.495 e. The summed E-state index contributed by atoms with van der Waals surface area (Å²) in [6.07, 6.45) is -3.65. The molecule has 0 fully saturated rings. The molecule has 7 nitrogen and oxygen atoms in total. The van der Waals surface area contributed by atoms with Crippen LogP contribution in [0.1, 0.15) is 5.56 Å². The average molecular weight is 549 g/mol. The fraction of sp³-hybridized carbons (Fsp3) is 0.136. The van der Waals surface area contributed by atoms with Crippen LogP contribution in [0.5, 0.6) is 17.2 Å². The van der Waals surface area contributed by atoms with E-state index in [1.807, 2.05) is 0 Å². The highest BCUT2D eigenvalue weighted by molar-refractivity contribution is 7.90. The number of urea groups is 1. The second kappa shape index (κ2) is 10.2. The van der Waals surface area contributed by atoms with Crippen LogP contribution in [-0.4, -0.2) is 27.8 Å². The molecule has 0 unspecified atom stereocenters. The molecule has 2 N–H and O–H groups in total. The molecule has 0 aliphatic heterocycles. The molecule has 3 rings (SSSR count). The molecular weight excluding hydrogens is 532 g/mol. The van der Waals surface area contributed by atoms with Crippen molar-refractivity contribution in [3.63, 3.8) is 0 Å². The van der Waals surface area contributed by atoms with Crippen LogP contribution < -0.4 is 20.1 Å². The third kappa shape index (κ3) is 6.71. The van der Waals surface area contributed by atoms with Gasteiger partial charge in [-0.05, 0) is 42.5 Å². The minimum atomic E-state index is -4.74. The maximum absolute atomic E-state index is 13.2. The van der Waals surface area contributed by atoms with Crippen LogP contribution in [0.4, 0.5) is 29.3 Å². The molecule has 0 aromatic heterocycles. The molecule has 0 atom stereocenters. The maximum Gasteiger partial charge on any atom is 0.417 e. The third-order valence-electron chi connectivity index (χ3n) is 4.52. The average Bonchev–Trinajstić information content (AvgIpc) is 2.75. The smallest absolute Gasteiger partial charge is 0.417 e. The lowest BCUT2D eigenvalue weighted by Crippen LogP contribution is -2.20. The van der Waals surface area contributed by atoms with Crippen LogP contribution in [0, 0.1) is 0 Å². The number of amides is 2. The SMILES string of the molecule is COc1cc(Cl)c(C(F)(F)F)cc1NC(=O)Nc1ccc(Oc2ccc(S(C)(=O)=O)cc2)cc1Cl. The number of alkyl halides is 3. The molecule has 3 aromatic rings. The van der Waals surface area contributed by atoms with Crippen molar-refractivity contribution in [3.05, 3.63) is 70.2 Å². The number of hydrogen-bond donors (Lipinski definition) is 2. The Bertz CT molecular complexity index is 1360. The molecule has 35 heavy (non-hydrogen) atoms. The van der Waals surface area contributed by atoms with Gasteiger partial charge in [-0.3, -0.25) is 0 Å². The second-order valence-electron chi connectivity index (χ2n) is 7.10. The number of sulfone groups is 1. The third-order valence-corrected chi connectivity index (χ3v) is 6.27. The number of anilines is 2. The highest BCUT2D eigenvalue weighted by Crippen LogP contribution is 2.40. The summed E-state index contributed by atoms with van der Waals surface area (Å²) in [7, 11) is -2.13. The maximum atomic E-state index is 13.2. The Balaban J connectivity index is 1.73. The molecule has 0 heterocycles. The molecule has 0 saturated carbocycles. The zero-order valence-electron chi connectivity index (χ0n) is 18.0. The van der Waals surface area contributed by atoms with Gasteiger partial charge in [0.1, 0.15) is 17.2 Å². The molecule has 2 amide bonds. The number of carbonyl (C=O) groups is 1. The van der Waals surface area contributed by atoms with E-state index in [1.54, 1.807) is 0 Å². The first-order chi connectivity index (χ1) is 16.3. The summed E-state index contributed by atoms with van der Waals surface area (Å²) in [5.41, 5.74) is -1.25. The van der Waals surface area contributed by atoms with Gasteiger partial charge in [0.05, 0.1) is 39.0 Å². The van der Waals surface area contributed by atoms with Crippen molar-refractivity contribution >= 4 is 50.4 Å². The van der Waals surface area contributed by atoms with E-state index in [2.05, 4.69) is 10.6 Å². The van der Waals surface area contributed by atoms with Crippen molar-refractivity contribution in [2.75, 3.05) is 24.0 Å². The summed E-state index contributed by atoms with van der Waals surface area (Å²) >= 11 is 11.9. The molecule has 0 bridgehead atoms. The van der Waals surface area contributed by atoms with E-state index in [-0.39, 0.29) is 27.0 Å². The van der Waals surface area contributed by atoms with Crippen LogP contribution >= 0.6 is 23.2 Å². The first kappa shape index (κ1) is 26.5. The van der Waals surface area contributed by atoms with E-state index in [0.717, 1.165) is 12.3 Å². The Labute approximate surface area is 208 Å². The summed E-state index contributed by atoms with van der Waals surface area (Å²) in [5, 5.41) is 4.19. The Morgan fingerprint density at radius 3 is 2.03 bits per heavy atom. The number of carbonyl (C=O) groups excluding carboxylic acids is 1. The Kier molecular flexibility index (Phi) is 7.73. The second-order valence-corrected chi connectivity index (χ2v) is 9.93. The lowest BCUT2D eigenvalue weighted by atomic mass is 10.1. The van der Waals surface area contributed by atoms with E-state index >= 15 is 0 Å². The number of rotatable bonds is 6. The predicted molar refractivity (Wildman–Crippen MR) is 127 cm³/mol. The van der Waals surface area contributed by atoms with Gasteiger partial charge in [-0.25, -0.2) is 13.2 Å². The van der Waals surface area contributed by atoms with E-state index in [4.69, 9.17) is 32.7 Å². The van der Waals surface area contributed by atoms with Crippen LogP contribution in [0.15, 0.2) is 59.5 Å². The van der Waals surface area contributed by atoms with E-state index < -0.39 is 32.6 Å². The molecule has 0 saturated heterocycles. The minimum absolute atomic E-state index is 0.0736. The van der Waals surface area contributed by atoms with Gasteiger partial charge in [0.2, 0.25) is 0 Å². The van der Waals surface area contributed by atoms with E-state index in [1.165, 1.54) is 49.6 Å². The van der Waals surface area contributed by atoms with Gasteiger partial charge >= 0.3 is 12.2 Å². The topological polar surface area (TPSA) is 93.7 Å². The summed E-state index contributed by atoms with van der Waals surface area (Å²) in [4.78, 5) is 12.5. The van der Waals surface area contributed by atoms with Crippen LogP contribution in [-0.2, 0) is 16.0 Å². The zero-order valence-corrected chi connectivity index (χ0v) is 20.4. The van der Waals surface area contributed by atoms with Crippen LogP contribution in [0.3, 0.4) is 0 Å². The summed E-state index contributed by atoms with van der Waals surface area (Å²) < 4.78 is 73.2. The Hall–Kier alpha value is -3.15. The number of ether oxygens (including phenoxy) is 2. The first-order valence-electron chi connectivity index (χ1n) is 9.58. The van der Waals surface area contributed by atoms with E-state index in [0.29, 0.717) is 17.6 Å². The van der Waals surface area contributed by atoms with Gasteiger partial charge in [0, 0.05) is 18.4 Å². The Morgan fingerprint density at radius 1 is 0.886 bits per heavy atom. The van der Waals surface area contributed by atoms with Gasteiger partial charge in [-0.2, -0.15) is 13.2 Å². The largest absolute Gasteiger partial charge is 0.495 e. The lowest BCUT2D eigenvalue weighted by Gasteiger charge is -2.16. The molecule has 186 valence electrons. The number of nitrogens with one attached hydrogen (secondary N) is 2. The van der Waals surface area contributed by atoms with Crippen molar-refractivity contribution in [3.8, 4) is 17.2 Å². The van der Waals surface area contributed by atoms with Gasteiger partial charge in [0.25, 0.3) is 0 Å². The number of halogens is 5. The van der Waals surface area contributed by atoms with Crippen molar-refractivity contribution in [1.29, 1.82) is 0 Å². The molecule has 0 aliphatic carbocycles. The van der Waals surface area contributed by atoms with Crippen LogP contribution in [0.2, 0.25) is 10.0 Å². The van der Waals surface area contributed by atoms with Crippen molar-refractivity contribution in [1.82, 2.24) is 0 Å². The van der Waals surface area contributed by atoms with Crippen LogP contribution in [0.25, 0.3) is 0 Å². The highest BCUT2D eigenvalue weighted by Gasteiger charge is 2.34. The quantitative estimate of drug-likeness (QED) is 0.351. The fourth-order valence-electron chi connectivity index (χ4n) is 2.87. The first-order valence-corrected chi connectivity index (χ1v) is 12.2. The van der Waals surface area contributed by atoms with Gasteiger partial charge in [0.15, 0.2) is 9.84 Å². The zero-order chi connectivity index (χ0) is 26.0. The fourth-order valence-corrected chi connectivity index (χ4v) is 3.98. The predicted octanol–water partition coefficient (Wildman–Crippen LogP) is 6.86. The molecular formula is C22H17Cl2F3N2O5S. The number of benzene rings is 3. The molecule has 0 spiro atoms. The normalized spacial score (nSPS) is 11.6. The molecule has 0 radical (unpaired) electrons. The molecule has 13 heteroatoms.